The molecule has 2 rings (SSSR count). The number of aliphatic hydroxyl groups excluding tert-OH is 1. The van der Waals surface area contributed by atoms with E-state index >= 15 is 0 Å². The molecule has 0 radical (unpaired) electrons. The van der Waals surface area contributed by atoms with Gasteiger partial charge < -0.3 is 10.4 Å². The molecule has 1 aliphatic rings. The lowest BCUT2D eigenvalue weighted by atomic mass is 9.93. The smallest absolute Gasteiger partial charge is 0.202 e. The van der Waals surface area contributed by atoms with E-state index in [0.717, 1.165) is 36.6 Å². The normalized spacial score (nSPS) is 25.2. The van der Waals surface area contributed by atoms with Crippen LogP contribution in [0.15, 0.2) is 0 Å². The van der Waals surface area contributed by atoms with Gasteiger partial charge in [-0.1, -0.05) is 26.7 Å². The second-order valence-corrected chi connectivity index (χ2v) is 5.97. The quantitative estimate of drug-likeness (QED) is 0.867. The highest BCUT2D eigenvalue weighted by Crippen LogP contribution is 2.23. The SMILES string of the molecule is CC(C)Cc1nsc(N[C@H]2CCCC[C@@H]2O)n1. The van der Waals surface area contributed by atoms with Crippen LogP contribution in [-0.2, 0) is 6.42 Å². The van der Waals surface area contributed by atoms with Crippen LogP contribution >= 0.6 is 11.5 Å². The summed E-state index contributed by atoms with van der Waals surface area (Å²) in [5.74, 6) is 1.50. The van der Waals surface area contributed by atoms with Gasteiger partial charge in [-0.25, -0.2) is 4.98 Å². The summed E-state index contributed by atoms with van der Waals surface area (Å²) < 4.78 is 4.33. The standard InChI is InChI=1S/C12H21N3OS/c1-8(2)7-11-14-12(17-15-11)13-9-5-3-4-6-10(9)16/h8-10,16H,3-7H2,1-2H3,(H,13,14,15)/t9-,10-/m0/s1. The molecule has 1 saturated carbocycles. The van der Waals surface area contributed by atoms with Gasteiger partial charge in [0.25, 0.3) is 0 Å². The van der Waals surface area contributed by atoms with E-state index in [4.69, 9.17) is 0 Å². The molecule has 0 saturated heterocycles. The zero-order chi connectivity index (χ0) is 12.3. The Morgan fingerprint density at radius 2 is 2.18 bits per heavy atom. The molecule has 5 heteroatoms. The predicted octanol–water partition coefficient (Wildman–Crippen LogP) is 2.45. The van der Waals surface area contributed by atoms with Crippen molar-refractivity contribution in [2.45, 2.75) is 58.1 Å². The lowest BCUT2D eigenvalue weighted by molar-refractivity contribution is 0.116. The molecule has 1 heterocycles. The number of rotatable bonds is 4. The highest BCUT2D eigenvalue weighted by molar-refractivity contribution is 7.09. The van der Waals surface area contributed by atoms with E-state index in [-0.39, 0.29) is 12.1 Å². The van der Waals surface area contributed by atoms with Gasteiger partial charge >= 0.3 is 0 Å². The van der Waals surface area contributed by atoms with Crippen molar-refractivity contribution in [3.8, 4) is 0 Å². The third kappa shape index (κ3) is 3.64. The van der Waals surface area contributed by atoms with Crippen LogP contribution in [0.25, 0.3) is 0 Å². The molecule has 1 fully saturated rings. The fourth-order valence-electron chi connectivity index (χ4n) is 2.20. The first-order valence-electron chi connectivity index (χ1n) is 6.42. The average Bonchev–Trinajstić information content (AvgIpc) is 2.68. The molecule has 2 N–H and O–H groups in total. The van der Waals surface area contributed by atoms with E-state index in [1.807, 2.05) is 0 Å². The van der Waals surface area contributed by atoms with Gasteiger partial charge in [0, 0.05) is 18.0 Å². The predicted molar refractivity (Wildman–Crippen MR) is 70.3 cm³/mol. The second-order valence-electron chi connectivity index (χ2n) is 5.22. The summed E-state index contributed by atoms with van der Waals surface area (Å²) in [5, 5.41) is 14.0. The molecule has 2 atom stereocenters. The van der Waals surface area contributed by atoms with Crippen molar-refractivity contribution < 1.29 is 5.11 Å². The number of aliphatic hydroxyl groups is 1. The van der Waals surface area contributed by atoms with Crippen molar-refractivity contribution in [2.24, 2.45) is 5.92 Å². The topological polar surface area (TPSA) is 58.0 Å². The summed E-state index contributed by atoms with van der Waals surface area (Å²) in [6, 6.07) is 0.156. The van der Waals surface area contributed by atoms with E-state index in [2.05, 4.69) is 28.5 Å². The fourth-order valence-corrected chi connectivity index (χ4v) is 2.86. The van der Waals surface area contributed by atoms with E-state index < -0.39 is 0 Å². The molecule has 1 aromatic heterocycles. The van der Waals surface area contributed by atoms with Crippen molar-refractivity contribution in [1.82, 2.24) is 9.36 Å². The number of nitrogens with one attached hydrogen (secondary N) is 1. The molecule has 4 nitrogen and oxygen atoms in total. The maximum Gasteiger partial charge on any atom is 0.202 e. The zero-order valence-corrected chi connectivity index (χ0v) is 11.3. The van der Waals surface area contributed by atoms with Crippen LogP contribution in [0.5, 0.6) is 0 Å². The Balaban J connectivity index is 1.91. The highest BCUT2D eigenvalue weighted by atomic mass is 32.1. The van der Waals surface area contributed by atoms with Crippen molar-refractivity contribution in [3.63, 3.8) is 0 Å². The summed E-state index contributed by atoms with van der Waals surface area (Å²) in [6.07, 6.45) is 4.93. The first kappa shape index (κ1) is 12.8. The number of hydrogen-bond acceptors (Lipinski definition) is 5. The van der Waals surface area contributed by atoms with Gasteiger partial charge in [-0.15, -0.1) is 0 Å². The Labute approximate surface area is 107 Å². The van der Waals surface area contributed by atoms with Gasteiger partial charge in [0.2, 0.25) is 5.13 Å². The minimum atomic E-state index is -0.235. The summed E-state index contributed by atoms with van der Waals surface area (Å²) in [7, 11) is 0. The summed E-state index contributed by atoms with van der Waals surface area (Å²) in [6.45, 7) is 4.33. The van der Waals surface area contributed by atoms with Crippen LogP contribution in [0.3, 0.4) is 0 Å². The number of anilines is 1. The highest BCUT2D eigenvalue weighted by Gasteiger charge is 2.23. The van der Waals surface area contributed by atoms with Crippen LogP contribution in [0.2, 0.25) is 0 Å². The third-order valence-corrected chi connectivity index (χ3v) is 3.78. The molecular formula is C12H21N3OS. The maximum absolute atomic E-state index is 9.88. The molecule has 96 valence electrons. The lowest BCUT2D eigenvalue weighted by Crippen LogP contribution is -2.36. The van der Waals surface area contributed by atoms with Crippen LogP contribution in [0.4, 0.5) is 5.13 Å². The molecule has 0 spiro atoms. The van der Waals surface area contributed by atoms with Gasteiger partial charge in [-0.05, 0) is 18.8 Å². The molecule has 1 aliphatic carbocycles. The molecule has 17 heavy (non-hydrogen) atoms. The summed E-state index contributed by atoms with van der Waals surface area (Å²) in [4.78, 5) is 4.46. The number of nitrogens with zero attached hydrogens (tertiary/aromatic N) is 2. The minimum absolute atomic E-state index is 0.156. The molecule has 0 amide bonds. The number of aromatic nitrogens is 2. The van der Waals surface area contributed by atoms with Crippen LogP contribution in [0.1, 0.15) is 45.4 Å². The van der Waals surface area contributed by atoms with Gasteiger partial charge in [0.1, 0.15) is 5.82 Å². The average molecular weight is 255 g/mol. The molecule has 0 aromatic carbocycles. The van der Waals surface area contributed by atoms with Crippen molar-refractivity contribution in [1.29, 1.82) is 0 Å². The van der Waals surface area contributed by atoms with Gasteiger partial charge in [0.05, 0.1) is 12.1 Å². The molecular weight excluding hydrogens is 234 g/mol. The Morgan fingerprint density at radius 1 is 1.41 bits per heavy atom. The van der Waals surface area contributed by atoms with Crippen LogP contribution in [0, 0.1) is 5.92 Å². The molecule has 0 unspecified atom stereocenters. The zero-order valence-electron chi connectivity index (χ0n) is 10.5. The van der Waals surface area contributed by atoms with E-state index in [9.17, 15) is 5.11 Å². The number of hydrogen-bond donors (Lipinski definition) is 2. The van der Waals surface area contributed by atoms with Gasteiger partial charge in [0.15, 0.2) is 0 Å². The minimum Gasteiger partial charge on any atom is -0.391 e. The fraction of sp³-hybridized carbons (Fsp3) is 0.833. The molecule has 0 aliphatic heterocycles. The molecule has 1 aromatic rings. The maximum atomic E-state index is 9.88. The largest absolute Gasteiger partial charge is 0.391 e. The Kier molecular flexibility index (Phi) is 4.34. The second kappa shape index (κ2) is 5.78. The first-order chi connectivity index (χ1) is 8.15. The third-order valence-electron chi connectivity index (χ3n) is 3.10. The Bertz CT molecular complexity index is 353. The van der Waals surface area contributed by atoms with Gasteiger partial charge in [-0.2, -0.15) is 4.37 Å². The van der Waals surface area contributed by atoms with E-state index in [1.165, 1.54) is 18.0 Å². The van der Waals surface area contributed by atoms with Crippen molar-refractivity contribution in [3.05, 3.63) is 5.82 Å². The van der Waals surface area contributed by atoms with Gasteiger partial charge in [-0.3, -0.25) is 0 Å². The van der Waals surface area contributed by atoms with E-state index in [0.29, 0.717) is 5.92 Å². The van der Waals surface area contributed by atoms with E-state index in [1.54, 1.807) is 0 Å². The molecule has 0 bridgehead atoms. The monoisotopic (exact) mass is 255 g/mol. The van der Waals surface area contributed by atoms with Crippen molar-refractivity contribution in [2.75, 3.05) is 5.32 Å². The van der Waals surface area contributed by atoms with Crippen molar-refractivity contribution >= 4 is 16.7 Å². The van der Waals surface area contributed by atoms with Crippen LogP contribution in [-0.4, -0.2) is 26.6 Å². The Hall–Kier alpha value is -0.680. The Morgan fingerprint density at radius 3 is 2.88 bits per heavy atom. The summed E-state index contributed by atoms with van der Waals surface area (Å²) >= 11 is 1.40. The van der Waals surface area contributed by atoms with Crippen LogP contribution < -0.4 is 5.32 Å². The first-order valence-corrected chi connectivity index (χ1v) is 7.19. The lowest BCUT2D eigenvalue weighted by Gasteiger charge is -2.27. The summed E-state index contributed by atoms with van der Waals surface area (Å²) in [5.41, 5.74) is 0.